The molecule has 4 nitrogen and oxygen atoms in total. The fraction of sp³-hybridized carbons (Fsp3) is 0.455. The number of carbonyl (C=O) groups excluding carboxylic acids is 1. The first-order valence-electron chi connectivity index (χ1n) is 5.08. The van der Waals surface area contributed by atoms with E-state index in [1.54, 1.807) is 12.3 Å². The van der Waals surface area contributed by atoms with Crippen LogP contribution in [0.2, 0.25) is 0 Å². The molecule has 80 valence electrons. The summed E-state index contributed by atoms with van der Waals surface area (Å²) in [6, 6.07) is 1.64. The molecule has 2 rings (SSSR count). The highest BCUT2D eigenvalue weighted by Gasteiger charge is 2.37. The molecule has 0 spiro atoms. The summed E-state index contributed by atoms with van der Waals surface area (Å²) in [4.78, 5) is 15.6. The van der Waals surface area contributed by atoms with Crippen LogP contribution in [0.15, 0.2) is 18.5 Å². The van der Waals surface area contributed by atoms with Crippen LogP contribution < -0.4 is 11.1 Å². The molecule has 0 unspecified atom stereocenters. The molecule has 0 atom stereocenters. The van der Waals surface area contributed by atoms with E-state index in [0.717, 1.165) is 6.54 Å². The van der Waals surface area contributed by atoms with Gasteiger partial charge in [-0.15, -0.1) is 0 Å². The Morgan fingerprint density at radius 3 is 3.00 bits per heavy atom. The third kappa shape index (κ3) is 2.26. The molecule has 3 N–H and O–H groups in total. The second-order valence-corrected chi connectivity index (χ2v) is 4.46. The van der Waals surface area contributed by atoms with E-state index in [-0.39, 0.29) is 5.91 Å². The SMILES string of the molecule is CC1(CNC(=O)c2ccncc2N)CC1. The number of nitrogens with one attached hydrogen (secondary N) is 1. The molecule has 1 aliphatic carbocycles. The van der Waals surface area contributed by atoms with Gasteiger partial charge < -0.3 is 11.1 Å². The van der Waals surface area contributed by atoms with Crippen LogP contribution in [0.4, 0.5) is 5.69 Å². The van der Waals surface area contributed by atoms with Gasteiger partial charge in [-0.1, -0.05) is 6.92 Å². The standard InChI is InChI=1S/C11H15N3O/c1-11(3-4-11)7-14-10(15)8-2-5-13-6-9(8)12/h2,5-6H,3-4,7,12H2,1H3,(H,14,15). The Bertz CT molecular complexity index is 385. The first-order chi connectivity index (χ1) is 7.11. The van der Waals surface area contributed by atoms with E-state index in [2.05, 4.69) is 17.2 Å². The Hall–Kier alpha value is -1.58. The summed E-state index contributed by atoms with van der Waals surface area (Å²) in [5, 5.41) is 2.90. The van der Waals surface area contributed by atoms with Crippen molar-refractivity contribution in [1.29, 1.82) is 0 Å². The van der Waals surface area contributed by atoms with Crippen LogP contribution in [0, 0.1) is 5.41 Å². The summed E-state index contributed by atoms with van der Waals surface area (Å²) in [5.41, 5.74) is 6.91. The molecule has 1 heterocycles. The van der Waals surface area contributed by atoms with Gasteiger partial charge in [-0.3, -0.25) is 9.78 Å². The highest BCUT2D eigenvalue weighted by molar-refractivity contribution is 5.98. The summed E-state index contributed by atoms with van der Waals surface area (Å²) < 4.78 is 0. The first kappa shape index (κ1) is 9.96. The highest BCUT2D eigenvalue weighted by Crippen LogP contribution is 2.44. The molecule has 1 aliphatic rings. The molecule has 0 bridgehead atoms. The number of anilines is 1. The van der Waals surface area contributed by atoms with Gasteiger partial charge in [0.1, 0.15) is 0 Å². The molecule has 1 saturated carbocycles. The topological polar surface area (TPSA) is 68.0 Å². The Morgan fingerprint density at radius 2 is 2.40 bits per heavy atom. The fourth-order valence-corrected chi connectivity index (χ4v) is 1.39. The van der Waals surface area contributed by atoms with Crippen LogP contribution in [-0.4, -0.2) is 17.4 Å². The van der Waals surface area contributed by atoms with Crippen molar-refractivity contribution in [3.8, 4) is 0 Å². The number of nitrogens with zero attached hydrogens (tertiary/aromatic N) is 1. The zero-order valence-corrected chi connectivity index (χ0v) is 8.79. The third-order valence-corrected chi connectivity index (χ3v) is 2.88. The third-order valence-electron chi connectivity index (χ3n) is 2.88. The predicted octanol–water partition coefficient (Wildman–Crippen LogP) is 1.19. The average molecular weight is 205 g/mol. The summed E-state index contributed by atoms with van der Waals surface area (Å²) in [5.74, 6) is -0.108. The van der Waals surface area contributed by atoms with Crippen LogP contribution in [0.25, 0.3) is 0 Å². The van der Waals surface area contributed by atoms with E-state index in [4.69, 9.17) is 5.73 Å². The fourth-order valence-electron chi connectivity index (χ4n) is 1.39. The number of amides is 1. The zero-order valence-electron chi connectivity index (χ0n) is 8.79. The number of rotatable bonds is 3. The summed E-state index contributed by atoms with van der Waals surface area (Å²) in [7, 11) is 0. The lowest BCUT2D eigenvalue weighted by Gasteiger charge is -2.10. The van der Waals surface area contributed by atoms with Crippen LogP contribution in [0.5, 0.6) is 0 Å². The Balaban J connectivity index is 1.99. The number of aromatic nitrogens is 1. The van der Waals surface area contributed by atoms with Crippen molar-refractivity contribution in [2.45, 2.75) is 19.8 Å². The van der Waals surface area contributed by atoms with Crippen molar-refractivity contribution in [1.82, 2.24) is 10.3 Å². The number of hydrogen-bond acceptors (Lipinski definition) is 3. The van der Waals surface area contributed by atoms with Gasteiger partial charge in [0.25, 0.3) is 5.91 Å². The lowest BCUT2D eigenvalue weighted by atomic mass is 10.1. The average Bonchev–Trinajstić information content (AvgIpc) is 2.95. The Morgan fingerprint density at radius 1 is 1.67 bits per heavy atom. The predicted molar refractivity (Wildman–Crippen MR) is 58.3 cm³/mol. The minimum absolute atomic E-state index is 0.108. The zero-order chi connectivity index (χ0) is 10.9. The minimum Gasteiger partial charge on any atom is -0.397 e. The maximum atomic E-state index is 11.7. The van der Waals surface area contributed by atoms with E-state index in [9.17, 15) is 4.79 Å². The Kier molecular flexibility index (Phi) is 2.34. The van der Waals surface area contributed by atoms with Gasteiger partial charge >= 0.3 is 0 Å². The number of carbonyl (C=O) groups is 1. The minimum atomic E-state index is -0.108. The molecule has 4 heteroatoms. The molecule has 1 aromatic heterocycles. The molecule has 15 heavy (non-hydrogen) atoms. The second kappa shape index (κ2) is 3.53. The lowest BCUT2D eigenvalue weighted by Crippen LogP contribution is -2.29. The van der Waals surface area contributed by atoms with Crippen molar-refractivity contribution < 1.29 is 4.79 Å². The number of hydrogen-bond donors (Lipinski definition) is 2. The second-order valence-electron chi connectivity index (χ2n) is 4.46. The summed E-state index contributed by atoms with van der Waals surface area (Å²) in [6.07, 6.45) is 5.45. The Labute approximate surface area is 88.9 Å². The largest absolute Gasteiger partial charge is 0.397 e. The number of nitrogen functional groups attached to an aromatic ring is 1. The molecule has 0 aliphatic heterocycles. The lowest BCUT2D eigenvalue weighted by molar-refractivity contribution is 0.0947. The van der Waals surface area contributed by atoms with E-state index in [1.165, 1.54) is 19.0 Å². The van der Waals surface area contributed by atoms with E-state index in [1.807, 2.05) is 0 Å². The van der Waals surface area contributed by atoms with Crippen molar-refractivity contribution in [2.75, 3.05) is 12.3 Å². The molecule has 0 saturated heterocycles. The van der Waals surface area contributed by atoms with Gasteiger partial charge in [0.2, 0.25) is 0 Å². The molecule has 1 amide bonds. The molecule has 1 aromatic rings. The number of nitrogens with two attached hydrogens (primary N) is 1. The molecular weight excluding hydrogens is 190 g/mol. The van der Waals surface area contributed by atoms with Crippen molar-refractivity contribution >= 4 is 11.6 Å². The first-order valence-corrected chi connectivity index (χ1v) is 5.08. The maximum Gasteiger partial charge on any atom is 0.253 e. The van der Waals surface area contributed by atoms with Gasteiger partial charge in [0.05, 0.1) is 17.4 Å². The van der Waals surface area contributed by atoms with Gasteiger partial charge in [0.15, 0.2) is 0 Å². The van der Waals surface area contributed by atoms with Gasteiger partial charge in [-0.2, -0.15) is 0 Å². The highest BCUT2D eigenvalue weighted by atomic mass is 16.1. The van der Waals surface area contributed by atoms with Crippen molar-refractivity contribution in [2.24, 2.45) is 5.41 Å². The van der Waals surface area contributed by atoms with Gasteiger partial charge in [-0.05, 0) is 24.3 Å². The van der Waals surface area contributed by atoms with Crippen molar-refractivity contribution in [3.05, 3.63) is 24.0 Å². The summed E-state index contributed by atoms with van der Waals surface area (Å²) in [6.45, 7) is 2.90. The van der Waals surface area contributed by atoms with E-state index >= 15 is 0 Å². The normalized spacial score (nSPS) is 17.1. The number of pyridine rings is 1. The van der Waals surface area contributed by atoms with E-state index < -0.39 is 0 Å². The van der Waals surface area contributed by atoms with Crippen LogP contribution in [-0.2, 0) is 0 Å². The van der Waals surface area contributed by atoms with Crippen molar-refractivity contribution in [3.63, 3.8) is 0 Å². The van der Waals surface area contributed by atoms with Gasteiger partial charge in [-0.25, -0.2) is 0 Å². The summed E-state index contributed by atoms with van der Waals surface area (Å²) >= 11 is 0. The molecule has 1 fully saturated rings. The molecule has 0 aromatic carbocycles. The van der Waals surface area contributed by atoms with Crippen LogP contribution in [0.1, 0.15) is 30.1 Å². The monoisotopic (exact) mass is 205 g/mol. The van der Waals surface area contributed by atoms with E-state index in [0.29, 0.717) is 16.7 Å². The van der Waals surface area contributed by atoms with Crippen LogP contribution >= 0.6 is 0 Å². The molecule has 0 radical (unpaired) electrons. The quantitative estimate of drug-likeness (QED) is 0.779. The van der Waals surface area contributed by atoms with Crippen LogP contribution in [0.3, 0.4) is 0 Å². The molecular formula is C11H15N3O. The van der Waals surface area contributed by atoms with Gasteiger partial charge in [0, 0.05) is 12.7 Å². The maximum absolute atomic E-state index is 11.7. The smallest absolute Gasteiger partial charge is 0.253 e.